The van der Waals surface area contributed by atoms with Crippen LogP contribution in [-0.2, 0) is 24.3 Å². The Kier molecular flexibility index (Phi) is 7.87. The van der Waals surface area contributed by atoms with Gasteiger partial charge in [-0.3, -0.25) is 4.99 Å². The lowest BCUT2D eigenvalue weighted by molar-refractivity contribution is -0.145. The van der Waals surface area contributed by atoms with Gasteiger partial charge in [-0.2, -0.15) is 0 Å². The molecule has 0 aliphatic carbocycles. The van der Waals surface area contributed by atoms with Crippen LogP contribution in [0.1, 0.15) is 27.2 Å². The number of carbonyl (C=O) groups is 1. The molecule has 0 radical (unpaired) electrons. The van der Waals surface area contributed by atoms with Crippen LogP contribution < -0.4 is 4.72 Å². The SMILES string of the molecule is CC(C)C(C)OC(CNS(C)(=O)=O)COC(=O)C1=CCC=NC1. The number of carbonyl (C=O) groups excluding carboxylic acids is 1. The van der Waals surface area contributed by atoms with E-state index in [9.17, 15) is 13.2 Å². The highest BCUT2D eigenvalue weighted by Crippen LogP contribution is 2.10. The first kappa shape index (κ1) is 19.8. The average Bonchev–Trinajstić information content (AvgIpc) is 2.49. The molecule has 1 rings (SSSR count). The van der Waals surface area contributed by atoms with E-state index in [-0.39, 0.29) is 25.2 Å². The Labute approximate surface area is 138 Å². The van der Waals surface area contributed by atoms with Gasteiger partial charge in [-0.25, -0.2) is 17.9 Å². The van der Waals surface area contributed by atoms with Crippen LogP contribution in [0.25, 0.3) is 0 Å². The maximum atomic E-state index is 12.0. The Morgan fingerprint density at radius 1 is 1.39 bits per heavy atom. The van der Waals surface area contributed by atoms with Crippen molar-refractivity contribution in [2.75, 3.05) is 26.0 Å². The van der Waals surface area contributed by atoms with Gasteiger partial charge in [0.2, 0.25) is 10.0 Å². The first-order chi connectivity index (χ1) is 10.7. The molecule has 7 nitrogen and oxygen atoms in total. The van der Waals surface area contributed by atoms with Crippen molar-refractivity contribution >= 4 is 22.2 Å². The van der Waals surface area contributed by atoms with E-state index in [0.29, 0.717) is 18.5 Å². The number of hydrogen-bond donors (Lipinski definition) is 1. The molecular weight excluding hydrogens is 320 g/mol. The Morgan fingerprint density at radius 3 is 2.61 bits per heavy atom. The number of nitrogens with zero attached hydrogens (tertiary/aromatic N) is 1. The number of ether oxygens (including phenoxy) is 2. The summed E-state index contributed by atoms with van der Waals surface area (Å²) in [6, 6.07) is 0. The standard InChI is InChI=1S/C15H26N2O5S/c1-11(2)12(3)22-14(9-17-23(4,19)20)10-21-15(18)13-6-5-7-16-8-13/h6-7,11-12,14,17H,5,8-10H2,1-4H3. The lowest BCUT2D eigenvalue weighted by Gasteiger charge is -2.24. The van der Waals surface area contributed by atoms with E-state index in [0.717, 1.165) is 6.26 Å². The van der Waals surface area contributed by atoms with Gasteiger partial charge in [0.25, 0.3) is 0 Å². The Bertz CT molecular complexity index is 554. The normalized spacial score (nSPS) is 17.7. The van der Waals surface area contributed by atoms with Gasteiger partial charge in [-0.1, -0.05) is 19.9 Å². The van der Waals surface area contributed by atoms with Crippen LogP contribution in [0.4, 0.5) is 0 Å². The zero-order chi connectivity index (χ0) is 17.5. The lowest BCUT2D eigenvalue weighted by atomic mass is 10.1. The summed E-state index contributed by atoms with van der Waals surface area (Å²) < 4.78 is 35.9. The number of esters is 1. The minimum absolute atomic E-state index is 0.0144. The van der Waals surface area contributed by atoms with Crippen molar-refractivity contribution in [2.24, 2.45) is 10.9 Å². The number of hydrogen-bond acceptors (Lipinski definition) is 6. The van der Waals surface area contributed by atoms with Gasteiger partial charge >= 0.3 is 5.97 Å². The van der Waals surface area contributed by atoms with Gasteiger partial charge < -0.3 is 9.47 Å². The fraction of sp³-hybridized carbons (Fsp3) is 0.733. The lowest BCUT2D eigenvalue weighted by Crippen LogP contribution is -2.39. The maximum absolute atomic E-state index is 12.0. The van der Waals surface area contributed by atoms with Gasteiger partial charge in [-0.15, -0.1) is 0 Å². The first-order valence-corrected chi connectivity index (χ1v) is 9.52. The van der Waals surface area contributed by atoms with E-state index in [4.69, 9.17) is 9.47 Å². The fourth-order valence-electron chi connectivity index (χ4n) is 1.76. The summed E-state index contributed by atoms with van der Waals surface area (Å²) in [5.41, 5.74) is 0.513. The molecule has 1 aliphatic heterocycles. The van der Waals surface area contributed by atoms with Gasteiger partial charge in [0.1, 0.15) is 12.7 Å². The van der Waals surface area contributed by atoms with E-state index < -0.39 is 22.1 Å². The van der Waals surface area contributed by atoms with E-state index >= 15 is 0 Å². The molecule has 23 heavy (non-hydrogen) atoms. The molecule has 1 aliphatic rings. The third-order valence-corrected chi connectivity index (χ3v) is 4.13. The number of dihydropyridines is 1. The predicted molar refractivity (Wildman–Crippen MR) is 89.0 cm³/mol. The largest absolute Gasteiger partial charge is 0.459 e. The van der Waals surface area contributed by atoms with Crippen LogP contribution in [0.2, 0.25) is 0 Å². The van der Waals surface area contributed by atoms with Crippen LogP contribution in [-0.4, -0.2) is 58.8 Å². The van der Waals surface area contributed by atoms with Gasteiger partial charge in [0.05, 0.1) is 24.5 Å². The molecule has 2 unspecified atom stereocenters. The molecule has 0 bridgehead atoms. The van der Waals surface area contributed by atoms with Gasteiger partial charge in [0.15, 0.2) is 0 Å². The molecule has 1 heterocycles. The summed E-state index contributed by atoms with van der Waals surface area (Å²) in [5.74, 6) is -0.172. The van der Waals surface area contributed by atoms with Crippen molar-refractivity contribution in [1.82, 2.24) is 4.72 Å². The van der Waals surface area contributed by atoms with Crippen molar-refractivity contribution in [3.8, 4) is 0 Å². The topological polar surface area (TPSA) is 94.1 Å². The molecule has 0 aromatic carbocycles. The second kappa shape index (κ2) is 9.14. The molecule has 0 saturated carbocycles. The molecule has 2 atom stereocenters. The van der Waals surface area contributed by atoms with Crippen LogP contribution >= 0.6 is 0 Å². The number of sulfonamides is 1. The number of allylic oxidation sites excluding steroid dienone is 1. The molecule has 0 spiro atoms. The second-order valence-electron chi connectivity index (χ2n) is 5.91. The van der Waals surface area contributed by atoms with Gasteiger partial charge in [0, 0.05) is 19.2 Å². The Morgan fingerprint density at radius 2 is 2.09 bits per heavy atom. The Balaban J connectivity index is 2.56. The van der Waals surface area contributed by atoms with Crippen LogP contribution in [0, 0.1) is 5.92 Å². The second-order valence-corrected chi connectivity index (χ2v) is 7.75. The molecule has 0 fully saturated rings. The Hall–Kier alpha value is -1.25. The highest BCUT2D eigenvalue weighted by molar-refractivity contribution is 7.88. The number of nitrogens with one attached hydrogen (secondary N) is 1. The van der Waals surface area contributed by atoms with Crippen molar-refractivity contribution in [3.63, 3.8) is 0 Å². The van der Waals surface area contributed by atoms with Crippen molar-refractivity contribution < 1.29 is 22.7 Å². The number of aliphatic imine (C=N–C) groups is 1. The van der Waals surface area contributed by atoms with E-state index in [1.807, 2.05) is 20.8 Å². The van der Waals surface area contributed by atoms with E-state index in [1.54, 1.807) is 12.3 Å². The van der Waals surface area contributed by atoms with Crippen molar-refractivity contribution in [2.45, 2.75) is 39.4 Å². The quantitative estimate of drug-likeness (QED) is 0.626. The summed E-state index contributed by atoms with van der Waals surface area (Å²) in [5, 5.41) is 0. The average molecular weight is 346 g/mol. The fourth-order valence-corrected chi connectivity index (χ4v) is 2.25. The van der Waals surface area contributed by atoms with Gasteiger partial charge in [-0.05, 0) is 12.8 Å². The van der Waals surface area contributed by atoms with Crippen molar-refractivity contribution in [1.29, 1.82) is 0 Å². The van der Waals surface area contributed by atoms with E-state index in [1.165, 1.54) is 0 Å². The third-order valence-electron chi connectivity index (χ3n) is 3.44. The minimum Gasteiger partial charge on any atom is -0.459 e. The predicted octanol–water partition coefficient (Wildman–Crippen LogP) is 0.909. The number of rotatable bonds is 9. The third kappa shape index (κ3) is 8.24. The molecule has 0 aromatic heterocycles. The monoisotopic (exact) mass is 346 g/mol. The highest BCUT2D eigenvalue weighted by atomic mass is 32.2. The van der Waals surface area contributed by atoms with Crippen LogP contribution in [0.15, 0.2) is 16.6 Å². The highest BCUT2D eigenvalue weighted by Gasteiger charge is 2.20. The molecule has 0 aromatic rings. The summed E-state index contributed by atoms with van der Waals surface area (Å²) in [7, 11) is -3.34. The molecule has 0 amide bonds. The first-order valence-electron chi connectivity index (χ1n) is 7.63. The molecule has 0 saturated heterocycles. The van der Waals surface area contributed by atoms with Crippen LogP contribution in [0.5, 0.6) is 0 Å². The molecule has 1 N–H and O–H groups in total. The van der Waals surface area contributed by atoms with E-state index in [2.05, 4.69) is 9.71 Å². The summed E-state index contributed by atoms with van der Waals surface area (Å²) in [6.07, 6.45) is 4.58. The zero-order valence-electron chi connectivity index (χ0n) is 14.1. The molecule has 132 valence electrons. The summed E-state index contributed by atoms with van der Waals surface area (Å²) in [4.78, 5) is 16.0. The van der Waals surface area contributed by atoms with Crippen LogP contribution in [0.3, 0.4) is 0 Å². The van der Waals surface area contributed by atoms with Crippen molar-refractivity contribution in [3.05, 3.63) is 11.6 Å². The molecule has 8 heteroatoms. The summed E-state index contributed by atoms with van der Waals surface area (Å²) >= 11 is 0. The minimum atomic E-state index is -3.34. The summed E-state index contributed by atoms with van der Waals surface area (Å²) in [6.45, 7) is 6.26. The zero-order valence-corrected chi connectivity index (χ0v) is 14.9. The maximum Gasteiger partial charge on any atom is 0.335 e. The smallest absolute Gasteiger partial charge is 0.335 e. The molecular formula is C15H26N2O5S.